The molecule has 0 saturated carbocycles. The summed E-state index contributed by atoms with van der Waals surface area (Å²) in [6.45, 7) is 7.21. The number of hydrogen-bond acceptors (Lipinski definition) is 24. The van der Waals surface area contributed by atoms with Crippen molar-refractivity contribution in [2.75, 3.05) is 7.11 Å². The van der Waals surface area contributed by atoms with Gasteiger partial charge in [0.1, 0.15) is 54.9 Å². The minimum Gasteiger partial charge on any atom is -0.692 e. The first-order chi connectivity index (χ1) is 23.8. The van der Waals surface area contributed by atoms with E-state index in [1.165, 1.54) is 41.7 Å². The molecule has 4 N–H and O–H groups in total. The van der Waals surface area contributed by atoms with Crippen LogP contribution in [0.2, 0.25) is 0 Å². The summed E-state index contributed by atoms with van der Waals surface area (Å²) in [6, 6.07) is 0. The first-order valence-corrected chi connectivity index (χ1v) is 15.5. The SMILES string of the molecule is CO[C@@H]1OC(C)[C@@H](O)[C@H](O[C@@H]2OC(C)[C@@H](O)[C@H](O[C@@H]3OC(C)[C@@H](O)[C@H](O[C@@H]4OC(C)[C@@H](OO[O-])C(C)C4OO[O-])C3O)C2OO[O-])C1OO[O-]. The Morgan fingerprint density at radius 2 is 0.760 bits per heavy atom. The van der Waals surface area contributed by atoms with Gasteiger partial charge in [0.25, 0.3) is 0 Å². The molecule has 294 valence electrons. The minimum atomic E-state index is -1.89. The lowest BCUT2D eigenvalue weighted by Crippen LogP contribution is -2.67. The van der Waals surface area contributed by atoms with E-state index in [9.17, 15) is 41.5 Å². The van der Waals surface area contributed by atoms with Crippen molar-refractivity contribution in [3.05, 3.63) is 0 Å². The van der Waals surface area contributed by atoms with Gasteiger partial charge >= 0.3 is 0 Å². The van der Waals surface area contributed by atoms with Crippen LogP contribution in [-0.2, 0) is 77.6 Å². The van der Waals surface area contributed by atoms with Crippen LogP contribution in [-0.4, -0.2) is 144 Å². The highest BCUT2D eigenvalue weighted by molar-refractivity contribution is 4.97. The molecule has 4 saturated heterocycles. The topological polar surface area (TPSA) is 321 Å². The Morgan fingerprint density at radius 1 is 0.400 bits per heavy atom. The molecule has 0 aromatic carbocycles. The first kappa shape index (κ1) is 41.8. The Hall–Kier alpha value is -0.960. The van der Waals surface area contributed by atoms with E-state index < -0.39 is 123 Å². The van der Waals surface area contributed by atoms with Gasteiger partial charge in [-0.15, -0.1) is 0 Å². The number of ether oxygens (including phenoxy) is 8. The molecule has 0 aliphatic carbocycles. The predicted octanol–water partition coefficient (Wildman–Crippen LogP) is -6.78. The standard InChI is InChI=1S/C26H46O24/c1-7-16(43-47-31)11(5)39-25(17(7)44-48-32)40-18-12(27)8(2)36-23(15(18)30)41-20-14(29)10(4)38-26(22(20)46-50-34)42-19-13(28)9(3)37-24(35-6)21(19)45-49-33/h7-34H,1-6H3/p-4/t7?,8?,9?,10?,11?,12-,13-,14-,15?,16+,17?,18+,19+,20+,21?,22?,23+,24-,25+,26+/m1/s1. The van der Waals surface area contributed by atoms with E-state index in [0.717, 1.165) is 0 Å². The maximum Gasteiger partial charge on any atom is 0.190 e. The van der Waals surface area contributed by atoms with E-state index >= 15 is 0 Å². The van der Waals surface area contributed by atoms with E-state index in [2.05, 4.69) is 25.0 Å². The molecular weight excluding hydrogens is 696 g/mol. The molecule has 9 unspecified atom stereocenters. The summed E-state index contributed by atoms with van der Waals surface area (Å²) in [5.41, 5.74) is 0. The summed E-state index contributed by atoms with van der Waals surface area (Å²) in [7, 11) is 1.22. The van der Waals surface area contributed by atoms with E-state index in [1.54, 1.807) is 0 Å². The van der Waals surface area contributed by atoms with Gasteiger partial charge < -0.3 is 79.3 Å². The summed E-state index contributed by atoms with van der Waals surface area (Å²) >= 11 is 0. The summed E-state index contributed by atoms with van der Waals surface area (Å²) in [5, 5.41) is 102. The van der Waals surface area contributed by atoms with Gasteiger partial charge in [0, 0.05) is 13.0 Å². The highest BCUT2D eigenvalue weighted by atomic mass is 17.5. The molecule has 4 fully saturated rings. The van der Waals surface area contributed by atoms with Crippen LogP contribution in [0.1, 0.15) is 34.6 Å². The van der Waals surface area contributed by atoms with Crippen molar-refractivity contribution in [1.29, 1.82) is 0 Å². The van der Waals surface area contributed by atoms with Gasteiger partial charge in [-0.3, -0.25) is 20.2 Å². The third kappa shape index (κ3) is 9.04. The van der Waals surface area contributed by atoms with E-state index in [4.69, 9.17) is 52.6 Å². The van der Waals surface area contributed by atoms with Gasteiger partial charge in [-0.1, -0.05) is 6.92 Å². The van der Waals surface area contributed by atoms with Gasteiger partial charge in [-0.2, -0.15) is 0 Å². The summed E-state index contributed by atoms with van der Waals surface area (Å²) in [4.78, 5) is 19.0. The molecule has 0 aromatic rings. The predicted molar refractivity (Wildman–Crippen MR) is 136 cm³/mol. The van der Waals surface area contributed by atoms with Crippen molar-refractivity contribution in [2.24, 2.45) is 5.92 Å². The average Bonchev–Trinajstić information content (AvgIpc) is 3.08. The molecular formula is C26H42O24-4. The van der Waals surface area contributed by atoms with Gasteiger partial charge in [-0.05, 0) is 27.7 Å². The zero-order valence-corrected chi connectivity index (χ0v) is 27.5. The normalized spacial score (nSPS) is 48.8. The number of aliphatic hydroxyl groups excluding tert-OH is 4. The Labute approximate surface area is 283 Å². The zero-order chi connectivity index (χ0) is 36.9. The third-order valence-electron chi connectivity index (χ3n) is 9.12. The second-order valence-electron chi connectivity index (χ2n) is 12.2. The fraction of sp³-hybridized carbons (Fsp3) is 1.00. The lowest BCUT2D eigenvalue weighted by atomic mass is 9.91. The molecule has 20 atom stereocenters. The van der Waals surface area contributed by atoms with Crippen molar-refractivity contribution in [2.45, 2.75) is 151 Å². The van der Waals surface area contributed by atoms with E-state index in [0.29, 0.717) is 0 Å². The molecule has 0 aromatic heterocycles. The number of rotatable bonds is 15. The van der Waals surface area contributed by atoms with Crippen molar-refractivity contribution in [1.82, 2.24) is 0 Å². The smallest absolute Gasteiger partial charge is 0.190 e. The molecule has 0 bridgehead atoms. The Balaban J connectivity index is 1.56. The maximum atomic E-state index is 11.4. The molecule has 0 amide bonds. The van der Waals surface area contributed by atoms with Gasteiger partial charge in [-0.25, -0.2) is 19.6 Å². The Kier molecular flexibility index (Phi) is 15.8. The highest BCUT2D eigenvalue weighted by Gasteiger charge is 2.56. The van der Waals surface area contributed by atoms with Crippen LogP contribution in [0.25, 0.3) is 0 Å². The molecule has 24 nitrogen and oxygen atoms in total. The minimum absolute atomic E-state index is 0.840. The third-order valence-corrected chi connectivity index (χ3v) is 9.12. The monoisotopic (exact) mass is 738 g/mol. The highest BCUT2D eigenvalue weighted by Crippen LogP contribution is 2.37. The van der Waals surface area contributed by atoms with Crippen molar-refractivity contribution >= 4 is 0 Å². The fourth-order valence-electron chi connectivity index (χ4n) is 6.34. The van der Waals surface area contributed by atoms with Crippen molar-refractivity contribution in [3.63, 3.8) is 0 Å². The van der Waals surface area contributed by atoms with Crippen LogP contribution in [0.3, 0.4) is 0 Å². The zero-order valence-electron chi connectivity index (χ0n) is 27.5. The van der Waals surface area contributed by atoms with Crippen molar-refractivity contribution < 1.29 is 119 Å². The van der Waals surface area contributed by atoms with Crippen LogP contribution >= 0.6 is 0 Å². The molecule has 50 heavy (non-hydrogen) atoms. The van der Waals surface area contributed by atoms with Crippen LogP contribution < -0.4 is 21.0 Å². The Bertz CT molecular complexity index is 1000. The van der Waals surface area contributed by atoms with Crippen molar-refractivity contribution in [3.8, 4) is 0 Å². The van der Waals surface area contributed by atoms with E-state index in [-0.39, 0.29) is 0 Å². The number of methoxy groups -OCH3 is 1. The molecule has 0 radical (unpaired) electrons. The summed E-state index contributed by atoms with van der Waals surface area (Å²) in [5.74, 6) is -0.840. The average molecular weight is 739 g/mol. The number of aliphatic hydroxyl groups is 4. The Morgan fingerprint density at radius 3 is 1.28 bits per heavy atom. The van der Waals surface area contributed by atoms with Crippen LogP contribution in [0, 0.1) is 5.92 Å². The van der Waals surface area contributed by atoms with Gasteiger partial charge in [0.05, 0.1) is 24.4 Å². The van der Waals surface area contributed by atoms with Crippen LogP contribution in [0.5, 0.6) is 0 Å². The van der Waals surface area contributed by atoms with Crippen LogP contribution in [0.15, 0.2) is 0 Å². The van der Waals surface area contributed by atoms with Gasteiger partial charge in [0.15, 0.2) is 37.4 Å². The first-order valence-electron chi connectivity index (χ1n) is 15.5. The largest absolute Gasteiger partial charge is 0.692 e. The fourth-order valence-corrected chi connectivity index (χ4v) is 6.34. The molecule has 24 heteroatoms. The summed E-state index contributed by atoms with van der Waals surface area (Å²) < 4.78 is 45.4. The van der Waals surface area contributed by atoms with Gasteiger partial charge in [0.2, 0.25) is 0 Å². The summed E-state index contributed by atoms with van der Waals surface area (Å²) in [6.07, 6.45) is -27.6. The molecule has 4 aliphatic rings. The molecule has 4 heterocycles. The quantitative estimate of drug-likeness (QED) is 0.0896. The van der Waals surface area contributed by atoms with Crippen LogP contribution in [0.4, 0.5) is 0 Å². The van der Waals surface area contributed by atoms with E-state index in [1.807, 2.05) is 0 Å². The maximum absolute atomic E-state index is 11.4. The molecule has 4 rings (SSSR count). The second-order valence-corrected chi connectivity index (χ2v) is 12.2. The number of hydrogen-bond donors (Lipinski definition) is 4. The lowest BCUT2D eigenvalue weighted by molar-refractivity contribution is -0.815. The molecule has 4 aliphatic heterocycles. The second kappa shape index (κ2) is 18.9. The molecule has 0 spiro atoms. The lowest BCUT2D eigenvalue weighted by Gasteiger charge is -2.49.